The summed E-state index contributed by atoms with van der Waals surface area (Å²) in [4.78, 5) is 37.0. The summed E-state index contributed by atoms with van der Waals surface area (Å²) in [6.07, 6.45) is 0.339. The lowest BCUT2D eigenvalue weighted by atomic mass is 10.1. The fourth-order valence-electron chi connectivity index (χ4n) is 2.76. The largest absolute Gasteiger partial charge is 0.486 e. The molecule has 128 valence electrons. The molecule has 1 saturated heterocycles. The first-order valence-corrected chi connectivity index (χ1v) is 7.71. The van der Waals surface area contributed by atoms with Gasteiger partial charge in [-0.3, -0.25) is 14.4 Å². The first-order valence-electron chi connectivity index (χ1n) is 7.71. The van der Waals surface area contributed by atoms with Crippen molar-refractivity contribution in [2.75, 3.05) is 24.7 Å². The number of carbonyl (C=O) groups excluding carboxylic acids is 2. The van der Waals surface area contributed by atoms with Crippen molar-refractivity contribution in [1.29, 1.82) is 0 Å². The molecule has 0 aliphatic carbocycles. The number of ether oxygens (including phenoxy) is 2. The van der Waals surface area contributed by atoms with Crippen LogP contribution in [0.4, 0.5) is 5.69 Å². The van der Waals surface area contributed by atoms with Crippen molar-refractivity contribution < 1.29 is 29.0 Å². The fraction of sp³-hybridized carbons (Fsp3) is 0.438. The number of carboxylic acid groups (broad SMARTS) is 1. The Morgan fingerprint density at radius 1 is 1.29 bits per heavy atom. The highest BCUT2D eigenvalue weighted by molar-refractivity contribution is 6.10. The van der Waals surface area contributed by atoms with E-state index in [-0.39, 0.29) is 5.91 Å². The van der Waals surface area contributed by atoms with E-state index in [2.05, 4.69) is 5.32 Å². The molecule has 1 unspecified atom stereocenters. The molecule has 0 saturated carbocycles. The average molecular weight is 334 g/mol. The van der Waals surface area contributed by atoms with Crippen molar-refractivity contribution in [2.45, 2.75) is 19.4 Å². The Hall–Kier alpha value is -2.77. The van der Waals surface area contributed by atoms with Crippen LogP contribution >= 0.6 is 0 Å². The van der Waals surface area contributed by atoms with E-state index < -0.39 is 23.8 Å². The molecule has 0 radical (unpaired) electrons. The van der Waals surface area contributed by atoms with Crippen molar-refractivity contribution in [3.63, 3.8) is 0 Å². The molecular formula is C16H18N2O6. The van der Waals surface area contributed by atoms with Crippen LogP contribution in [-0.2, 0) is 14.4 Å². The minimum Gasteiger partial charge on any atom is -0.486 e. The Balaban J connectivity index is 1.72. The summed E-state index contributed by atoms with van der Waals surface area (Å²) in [7, 11) is 0. The maximum Gasteiger partial charge on any atom is 0.325 e. The zero-order valence-electron chi connectivity index (χ0n) is 13.2. The highest BCUT2D eigenvalue weighted by Crippen LogP contribution is 2.36. The Kier molecular flexibility index (Phi) is 4.28. The number of amides is 2. The van der Waals surface area contributed by atoms with Gasteiger partial charge < -0.3 is 24.8 Å². The van der Waals surface area contributed by atoms with E-state index >= 15 is 0 Å². The van der Waals surface area contributed by atoms with Gasteiger partial charge in [0, 0.05) is 18.3 Å². The van der Waals surface area contributed by atoms with E-state index in [9.17, 15) is 14.4 Å². The lowest BCUT2D eigenvalue weighted by Crippen LogP contribution is -2.44. The summed E-state index contributed by atoms with van der Waals surface area (Å²) in [5.41, 5.74) is 0.630. The van der Waals surface area contributed by atoms with Gasteiger partial charge in [-0.25, -0.2) is 0 Å². The van der Waals surface area contributed by atoms with Gasteiger partial charge in [0.1, 0.15) is 25.2 Å². The molecule has 0 aromatic heterocycles. The standard InChI is InChI=1S/C16H18N2O6/c1-9(16(21)22)17-14(19)11-4-5-18(15(11)20)10-2-3-12-13(8-10)24-7-6-23-12/h2-3,8-9,11H,4-7H2,1H3,(H,17,19)(H,21,22)/t9-,11?/m1/s1. The van der Waals surface area contributed by atoms with Crippen molar-refractivity contribution >= 4 is 23.5 Å². The van der Waals surface area contributed by atoms with Crippen LogP contribution in [0.15, 0.2) is 18.2 Å². The summed E-state index contributed by atoms with van der Waals surface area (Å²) >= 11 is 0. The average Bonchev–Trinajstić information content (AvgIpc) is 2.95. The third-order valence-corrected chi connectivity index (χ3v) is 4.09. The van der Waals surface area contributed by atoms with Gasteiger partial charge >= 0.3 is 5.97 Å². The first-order chi connectivity index (χ1) is 11.5. The molecule has 8 heteroatoms. The Bertz CT molecular complexity index is 689. The number of carboxylic acids is 1. The summed E-state index contributed by atoms with van der Waals surface area (Å²) < 4.78 is 10.9. The monoisotopic (exact) mass is 334 g/mol. The minimum absolute atomic E-state index is 0.339. The van der Waals surface area contributed by atoms with Gasteiger partial charge in [-0.2, -0.15) is 0 Å². The Morgan fingerprint density at radius 2 is 2.00 bits per heavy atom. The van der Waals surface area contributed by atoms with Crippen LogP contribution in [0.1, 0.15) is 13.3 Å². The number of benzene rings is 1. The van der Waals surface area contributed by atoms with Crippen molar-refractivity contribution in [3.8, 4) is 11.5 Å². The van der Waals surface area contributed by atoms with Crippen molar-refractivity contribution in [3.05, 3.63) is 18.2 Å². The van der Waals surface area contributed by atoms with E-state index in [0.717, 1.165) is 0 Å². The molecule has 2 heterocycles. The van der Waals surface area contributed by atoms with Gasteiger partial charge in [0.2, 0.25) is 11.8 Å². The van der Waals surface area contributed by atoms with Crippen LogP contribution in [0.3, 0.4) is 0 Å². The van der Waals surface area contributed by atoms with Gasteiger partial charge in [-0.05, 0) is 25.5 Å². The smallest absolute Gasteiger partial charge is 0.325 e. The predicted molar refractivity (Wildman–Crippen MR) is 83.1 cm³/mol. The van der Waals surface area contributed by atoms with Crippen LogP contribution in [0.2, 0.25) is 0 Å². The summed E-state index contributed by atoms with van der Waals surface area (Å²) in [6.45, 7) is 2.68. The van der Waals surface area contributed by atoms with Crippen LogP contribution in [0, 0.1) is 5.92 Å². The highest BCUT2D eigenvalue weighted by Gasteiger charge is 2.38. The van der Waals surface area contributed by atoms with Gasteiger partial charge in [-0.15, -0.1) is 0 Å². The quantitative estimate of drug-likeness (QED) is 0.772. The third kappa shape index (κ3) is 2.99. The molecular weight excluding hydrogens is 316 g/mol. The number of nitrogens with zero attached hydrogens (tertiary/aromatic N) is 1. The second-order valence-corrected chi connectivity index (χ2v) is 5.73. The molecule has 1 aromatic carbocycles. The molecule has 1 fully saturated rings. The topological polar surface area (TPSA) is 105 Å². The molecule has 2 amide bonds. The zero-order chi connectivity index (χ0) is 17.3. The molecule has 0 bridgehead atoms. The minimum atomic E-state index is -1.14. The molecule has 0 spiro atoms. The number of rotatable bonds is 4. The van der Waals surface area contributed by atoms with E-state index in [0.29, 0.717) is 43.4 Å². The number of nitrogens with one attached hydrogen (secondary N) is 1. The van der Waals surface area contributed by atoms with E-state index in [1.165, 1.54) is 11.8 Å². The SMILES string of the molecule is C[C@@H](NC(=O)C1CCN(c2ccc3c(c2)OCCO3)C1=O)C(=O)O. The lowest BCUT2D eigenvalue weighted by Gasteiger charge is -2.22. The first kappa shape index (κ1) is 16.1. The zero-order valence-corrected chi connectivity index (χ0v) is 13.2. The summed E-state index contributed by atoms with van der Waals surface area (Å²) in [5, 5.41) is 11.2. The Labute approximate surface area is 138 Å². The van der Waals surface area contributed by atoms with E-state index in [4.69, 9.17) is 14.6 Å². The maximum absolute atomic E-state index is 12.5. The lowest BCUT2D eigenvalue weighted by molar-refractivity contribution is -0.143. The number of fused-ring (bicyclic) bond motifs is 1. The molecule has 2 aliphatic heterocycles. The predicted octanol–water partition coefficient (Wildman–Crippen LogP) is 0.400. The second-order valence-electron chi connectivity index (χ2n) is 5.73. The van der Waals surface area contributed by atoms with Gasteiger partial charge in [0.05, 0.1) is 0 Å². The van der Waals surface area contributed by atoms with Gasteiger partial charge in [-0.1, -0.05) is 0 Å². The van der Waals surface area contributed by atoms with Crippen LogP contribution in [-0.4, -0.2) is 48.7 Å². The number of hydrogen-bond acceptors (Lipinski definition) is 5. The van der Waals surface area contributed by atoms with Crippen LogP contribution in [0.5, 0.6) is 11.5 Å². The summed E-state index contributed by atoms with van der Waals surface area (Å²) in [5.74, 6) is -1.73. The molecule has 8 nitrogen and oxygen atoms in total. The van der Waals surface area contributed by atoms with Crippen molar-refractivity contribution in [1.82, 2.24) is 5.32 Å². The van der Waals surface area contributed by atoms with E-state index in [1.54, 1.807) is 18.2 Å². The maximum atomic E-state index is 12.5. The summed E-state index contributed by atoms with van der Waals surface area (Å²) in [6, 6.07) is 4.16. The molecule has 3 rings (SSSR count). The van der Waals surface area contributed by atoms with Crippen molar-refractivity contribution in [2.24, 2.45) is 5.92 Å². The highest BCUT2D eigenvalue weighted by atomic mass is 16.6. The number of carbonyl (C=O) groups is 3. The van der Waals surface area contributed by atoms with Gasteiger partial charge in [0.25, 0.3) is 0 Å². The molecule has 2 N–H and O–H groups in total. The number of aliphatic carboxylic acids is 1. The number of anilines is 1. The Morgan fingerprint density at radius 3 is 2.71 bits per heavy atom. The molecule has 1 aromatic rings. The van der Waals surface area contributed by atoms with Crippen LogP contribution in [0.25, 0.3) is 0 Å². The number of hydrogen-bond donors (Lipinski definition) is 2. The third-order valence-electron chi connectivity index (χ3n) is 4.09. The fourth-order valence-corrected chi connectivity index (χ4v) is 2.76. The second kappa shape index (κ2) is 6.38. The molecule has 24 heavy (non-hydrogen) atoms. The normalized spacial score (nSPS) is 20.6. The van der Waals surface area contributed by atoms with Crippen LogP contribution < -0.4 is 19.7 Å². The van der Waals surface area contributed by atoms with E-state index in [1.807, 2.05) is 0 Å². The molecule has 2 aliphatic rings. The molecule has 2 atom stereocenters. The van der Waals surface area contributed by atoms with Gasteiger partial charge in [0.15, 0.2) is 11.5 Å².